The van der Waals surface area contributed by atoms with Gasteiger partial charge in [-0.3, -0.25) is 14.5 Å². The van der Waals surface area contributed by atoms with Gasteiger partial charge in [0.2, 0.25) is 5.91 Å². The van der Waals surface area contributed by atoms with Crippen LogP contribution in [0.15, 0.2) is 42.5 Å². The summed E-state index contributed by atoms with van der Waals surface area (Å²) in [5.74, 6) is -4.67. The number of carbonyl (C=O) groups excluding carboxylic acids is 2. The van der Waals surface area contributed by atoms with Gasteiger partial charge in [0.1, 0.15) is 24.1 Å². The minimum absolute atomic E-state index is 0.0659. The van der Waals surface area contributed by atoms with Gasteiger partial charge in [0.05, 0.1) is 18.0 Å². The van der Waals surface area contributed by atoms with E-state index in [0.717, 1.165) is 16.9 Å². The van der Waals surface area contributed by atoms with Crippen LogP contribution in [-0.2, 0) is 11.2 Å². The summed E-state index contributed by atoms with van der Waals surface area (Å²) in [5.41, 5.74) is 0.0505. The van der Waals surface area contributed by atoms with Crippen molar-refractivity contribution < 1.29 is 33.7 Å². The Balaban J connectivity index is 1.94. The van der Waals surface area contributed by atoms with Crippen molar-refractivity contribution >= 4 is 11.8 Å². The van der Waals surface area contributed by atoms with Gasteiger partial charge in [0, 0.05) is 17.7 Å². The minimum Gasteiger partial charge on any atom is -0.508 e. The standard InChI is InChI=1S/C30H41F2N3O5/c1-6-7-13-33-27(39)25-29(4,5)30(31,32)17-35(25)28(40)24(37)22(16-20-11-9-8-10-12-20)34-26(38)21-14-18(2)15-23(36)19(21)3/h8-12,14-15,22,24-25,28,36-37,40H,6-7,13,16-17H2,1-5H3,(H,33,39)(H,34,38)/t22-,24-,25+,28?/m0/s1. The van der Waals surface area contributed by atoms with Gasteiger partial charge in [-0.15, -0.1) is 0 Å². The molecule has 5 N–H and O–H groups in total. The zero-order valence-electron chi connectivity index (χ0n) is 23.7. The van der Waals surface area contributed by atoms with E-state index in [9.17, 15) is 24.9 Å². The number of aliphatic hydroxyl groups is 2. The number of amides is 2. The molecular formula is C30H41F2N3O5. The van der Waals surface area contributed by atoms with Crippen molar-refractivity contribution in [3.63, 3.8) is 0 Å². The lowest BCUT2D eigenvalue weighted by atomic mass is 9.81. The first-order chi connectivity index (χ1) is 18.7. The van der Waals surface area contributed by atoms with Gasteiger partial charge in [-0.2, -0.15) is 0 Å². The lowest BCUT2D eigenvalue weighted by Crippen LogP contribution is -2.59. The topological polar surface area (TPSA) is 122 Å². The van der Waals surface area contributed by atoms with Gasteiger partial charge in [-0.05, 0) is 49.9 Å². The van der Waals surface area contributed by atoms with Crippen molar-refractivity contribution in [3.8, 4) is 5.75 Å². The number of rotatable bonds is 11. The summed E-state index contributed by atoms with van der Waals surface area (Å²) < 4.78 is 30.4. The largest absolute Gasteiger partial charge is 0.508 e. The van der Waals surface area contributed by atoms with Gasteiger partial charge in [-0.25, -0.2) is 8.78 Å². The van der Waals surface area contributed by atoms with E-state index in [1.54, 1.807) is 50.2 Å². The van der Waals surface area contributed by atoms with Crippen molar-refractivity contribution in [2.75, 3.05) is 13.1 Å². The highest BCUT2D eigenvalue weighted by Gasteiger charge is 2.64. The molecule has 0 aliphatic carbocycles. The molecule has 2 aromatic rings. The first-order valence-corrected chi connectivity index (χ1v) is 13.6. The highest BCUT2D eigenvalue weighted by molar-refractivity contribution is 5.96. The minimum atomic E-state index is -3.34. The van der Waals surface area contributed by atoms with Crippen LogP contribution in [0, 0.1) is 19.3 Å². The van der Waals surface area contributed by atoms with Crippen LogP contribution >= 0.6 is 0 Å². The average Bonchev–Trinajstić information content (AvgIpc) is 3.09. The van der Waals surface area contributed by atoms with Gasteiger partial charge in [-0.1, -0.05) is 57.5 Å². The fourth-order valence-corrected chi connectivity index (χ4v) is 5.20. The Morgan fingerprint density at radius 2 is 1.77 bits per heavy atom. The van der Waals surface area contributed by atoms with Crippen LogP contribution in [0.1, 0.15) is 60.7 Å². The molecule has 0 radical (unpaired) electrons. The van der Waals surface area contributed by atoms with E-state index in [0.29, 0.717) is 24.1 Å². The smallest absolute Gasteiger partial charge is 0.267 e. The summed E-state index contributed by atoms with van der Waals surface area (Å²) in [7, 11) is 0. The lowest BCUT2D eigenvalue weighted by Gasteiger charge is -2.37. The van der Waals surface area contributed by atoms with Crippen LogP contribution in [0.5, 0.6) is 5.75 Å². The van der Waals surface area contributed by atoms with Gasteiger partial charge in [0.25, 0.3) is 11.8 Å². The summed E-state index contributed by atoms with van der Waals surface area (Å²) in [6, 6.07) is 9.48. The number of likely N-dealkylation sites (tertiary alicyclic amines) is 1. The molecule has 1 saturated heterocycles. The maximum absolute atomic E-state index is 15.2. The fourth-order valence-electron chi connectivity index (χ4n) is 5.20. The van der Waals surface area contributed by atoms with E-state index in [4.69, 9.17) is 0 Å². The number of carbonyl (C=O) groups is 2. The summed E-state index contributed by atoms with van der Waals surface area (Å²) in [5, 5.41) is 38.3. The van der Waals surface area contributed by atoms with Crippen molar-refractivity contribution in [1.82, 2.24) is 15.5 Å². The summed E-state index contributed by atoms with van der Waals surface area (Å²) in [6.07, 6.45) is -2.09. The number of aromatic hydroxyl groups is 1. The number of aliphatic hydroxyl groups excluding tert-OH is 2. The molecule has 2 aromatic carbocycles. The molecular weight excluding hydrogens is 520 g/mol. The number of unbranched alkanes of at least 4 members (excludes halogenated alkanes) is 1. The van der Waals surface area contributed by atoms with E-state index >= 15 is 8.78 Å². The van der Waals surface area contributed by atoms with Crippen LogP contribution in [0.25, 0.3) is 0 Å². The first kappa shape index (κ1) is 31.4. The molecule has 220 valence electrons. The third-order valence-electron chi connectivity index (χ3n) is 7.86. The number of aryl methyl sites for hydroxylation is 1. The molecule has 0 spiro atoms. The molecule has 0 saturated carbocycles. The second-order valence-corrected chi connectivity index (χ2v) is 11.3. The predicted molar refractivity (Wildman–Crippen MR) is 148 cm³/mol. The van der Waals surface area contributed by atoms with E-state index in [1.165, 1.54) is 19.9 Å². The normalized spacial score (nSPS) is 20.5. The van der Waals surface area contributed by atoms with Crippen LogP contribution in [0.3, 0.4) is 0 Å². The second kappa shape index (κ2) is 12.6. The van der Waals surface area contributed by atoms with Crippen molar-refractivity contribution in [2.24, 2.45) is 5.41 Å². The number of nitrogens with zero attached hydrogens (tertiary/aromatic N) is 1. The van der Waals surface area contributed by atoms with E-state index in [2.05, 4.69) is 10.6 Å². The highest BCUT2D eigenvalue weighted by Crippen LogP contribution is 2.48. The number of nitrogens with one attached hydrogen (secondary N) is 2. The molecule has 40 heavy (non-hydrogen) atoms. The number of phenols is 1. The van der Waals surface area contributed by atoms with E-state index in [1.807, 2.05) is 6.92 Å². The Bertz CT molecular complexity index is 1190. The average molecular weight is 562 g/mol. The summed E-state index contributed by atoms with van der Waals surface area (Å²) in [6.45, 7) is 7.14. The molecule has 1 heterocycles. The second-order valence-electron chi connectivity index (χ2n) is 11.3. The zero-order chi connectivity index (χ0) is 29.8. The van der Waals surface area contributed by atoms with Crippen LogP contribution in [-0.4, -0.2) is 75.5 Å². The number of hydrogen-bond donors (Lipinski definition) is 5. The lowest BCUT2D eigenvalue weighted by molar-refractivity contribution is -0.142. The third kappa shape index (κ3) is 6.62. The molecule has 0 bridgehead atoms. The molecule has 2 amide bonds. The number of benzene rings is 2. The summed E-state index contributed by atoms with van der Waals surface area (Å²) >= 11 is 0. The molecule has 3 rings (SSSR count). The Morgan fingerprint density at radius 1 is 1.12 bits per heavy atom. The molecule has 10 heteroatoms. The number of phenolic OH excluding ortho intramolecular Hbond substituents is 1. The zero-order valence-corrected chi connectivity index (χ0v) is 23.7. The molecule has 1 aliphatic rings. The Labute approximate surface area is 234 Å². The van der Waals surface area contributed by atoms with Crippen LogP contribution in [0.2, 0.25) is 0 Å². The Hall–Kier alpha value is -3.08. The van der Waals surface area contributed by atoms with Crippen LogP contribution < -0.4 is 10.6 Å². The first-order valence-electron chi connectivity index (χ1n) is 13.6. The third-order valence-corrected chi connectivity index (χ3v) is 7.86. The Morgan fingerprint density at radius 3 is 2.40 bits per heavy atom. The number of alkyl halides is 2. The van der Waals surface area contributed by atoms with E-state index in [-0.39, 0.29) is 17.7 Å². The molecule has 0 aromatic heterocycles. The van der Waals surface area contributed by atoms with Crippen LogP contribution in [0.4, 0.5) is 8.78 Å². The van der Waals surface area contributed by atoms with Gasteiger partial charge < -0.3 is 26.0 Å². The number of hydrogen-bond acceptors (Lipinski definition) is 6. The maximum Gasteiger partial charge on any atom is 0.267 e. The Kier molecular flexibility index (Phi) is 9.92. The number of halogens is 2. The predicted octanol–water partition coefficient (Wildman–Crippen LogP) is 3.29. The molecule has 1 unspecified atom stereocenters. The SMILES string of the molecule is CCCCNC(=O)[C@H]1N(C(O)[C@@H](O)[C@H](Cc2ccccc2)NC(=O)c2cc(C)cc(O)c2C)CC(F)(F)C1(C)C. The van der Waals surface area contributed by atoms with Gasteiger partial charge >= 0.3 is 0 Å². The quantitative estimate of drug-likeness (QED) is 0.269. The van der Waals surface area contributed by atoms with Crippen molar-refractivity contribution in [3.05, 3.63) is 64.7 Å². The van der Waals surface area contributed by atoms with Gasteiger partial charge in [0.15, 0.2) is 0 Å². The molecule has 4 atom stereocenters. The van der Waals surface area contributed by atoms with Crippen molar-refractivity contribution in [1.29, 1.82) is 0 Å². The molecule has 1 aliphatic heterocycles. The van der Waals surface area contributed by atoms with E-state index < -0.39 is 54.1 Å². The van der Waals surface area contributed by atoms with Crippen molar-refractivity contribution in [2.45, 2.75) is 84.2 Å². The maximum atomic E-state index is 15.2. The fraction of sp³-hybridized carbons (Fsp3) is 0.533. The molecule has 1 fully saturated rings. The monoisotopic (exact) mass is 561 g/mol. The summed E-state index contributed by atoms with van der Waals surface area (Å²) in [4.78, 5) is 27.4. The highest BCUT2D eigenvalue weighted by atomic mass is 19.3. The molecule has 8 nitrogen and oxygen atoms in total.